The number of nitriles is 2. The van der Waals surface area contributed by atoms with Crippen molar-refractivity contribution in [3.8, 4) is 12.1 Å². The molecule has 0 aromatic rings. The van der Waals surface area contributed by atoms with Crippen LogP contribution in [-0.4, -0.2) is 10.8 Å². The standard InChI is InChI=1S/C6H9N3O/c1-6(9,10)2-5(3-7)4-8/h5,10H,2,9H2,1H3. The SMILES string of the molecule is CC(N)(O)CC(C#N)C#N. The number of hydrogen-bond donors (Lipinski definition) is 2. The van der Waals surface area contributed by atoms with Crippen molar-refractivity contribution in [3.63, 3.8) is 0 Å². The third kappa shape index (κ3) is 3.85. The summed E-state index contributed by atoms with van der Waals surface area (Å²) in [7, 11) is 0. The predicted molar refractivity (Wildman–Crippen MR) is 34.1 cm³/mol. The van der Waals surface area contributed by atoms with Gasteiger partial charge < -0.3 is 10.8 Å². The summed E-state index contributed by atoms with van der Waals surface area (Å²) >= 11 is 0. The normalized spacial score (nSPS) is 15.4. The molecule has 1 unspecified atom stereocenters. The van der Waals surface area contributed by atoms with E-state index < -0.39 is 11.6 Å². The van der Waals surface area contributed by atoms with Crippen LogP contribution in [-0.2, 0) is 0 Å². The second-order valence-corrected chi connectivity index (χ2v) is 2.37. The highest BCUT2D eigenvalue weighted by atomic mass is 16.3. The highest BCUT2D eigenvalue weighted by molar-refractivity contribution is 5.00. The van der Waals surface area contributed by atoms with Gasteiger partial charge in [-0.3, -0.25) is 0 Å². The van der Waals surface area contributed by atoms with Crippen molar-refractivity contribution >= 4 is 0 Å². The third-order valence-electron chi connectivity index (χ3n) is 0.929. The van der Waals surface area contributed by atoms with Crippen LogP contribution in [0.5, 0.6) is 0 Å². The fourth-order valence-electron chi connectivity index (χ4n) is 0.533. The summed E-state index contributed by atoms with van der Waals surface area (Å²) < 4.78 is 0. The fraction of sp³-hybridized carbons (Fsp3) is 0.667. The Labute approximate surface area is 59.5 Å². The number of hydrogen-bond acceptors (Lipinski definition) is 4. The van der Waals surface area contributed by atoms with Crippen molar-refractivity contribution in [2.24, 2.45) is 11.7 Å². The van der Waals surface area contributed by atoms with E-state index in [0.29, 0.717) is 0 Å². The first-order valence-corrected chi connectivity index (χ1v) is 2.80. The Morgan fingerprint density at radius 2 is 2.00 bits per heavy atom. The summed E-state index contributed by atoms with van der Waals surface area (Å²) in [6, 6.07) is 3.41. The molecule has 0 aliphatic carbocycles. The first-order valence-electron chi connectivity index (χ1n) is 2.80. The molecule has 4 heteroatoms. The van der Waals surface area contributed by atoms with Gasteiger partial charge in [0, 0.05) is 6.42 Å². The van der Waals surface area contributed by atoms with Crippen LogP contribution >= 0.6 is 0 Å². The average Bonchev–Trinajstić information content (AvgIpc) is 1.81. The maximum absolute atomic E-state index is 8.93. The molecular formula is C6H9N3O. The summed E-state index contributed by atoms with van der Waals surface area (Å²) in [5.74, 6) is -0.819. The van der Waals surface area contributed by atoms with Crippen molar-refractivity contribution in [2.45, 2.75) is 19.1 Å². The van der Waals surface area contributed by atoms with Crippen LogP contribution in [0.15, 0.2) is 0 Å². The summed E-state index contributed by atoms with van der Waals surface area (Å²) in [4.78, 5) is 0. The van der Waals surface area contributed by atoms with E-state index in [1.54, 1.807) is 12.1 Å². The third-order valence-corrected chi connectivity index (χ3v) is 0.929. The molecule has 10 heavy (non-hydrogen) atoms. The molecule has 1 atom stereocenters. The van der Waals surface area contributed by atoms with Crippen LogP contribution in [0.1, 0.15) is 13.3 Å². The monoisotopic (exact) mass is 139 g/mol. The first kappa shape index (κ1) is 8.90. The van der Waals surface area contributed by atoms with Gasteiger partial charge in [0.05, 0.1) is 12.1 Å². The lowest BCUT2D eigenvalue weighted by molar-refractivity contribution is 0.0527. The molecule has 0 radical (unpaired) electrons. The molecule has 0 rings (SSSR count). The zero-order valence-electron chi connectivity index (χ0n) is 5.70. The lowest BCUT2D eigenvalue weighted by Crippen LogP contribution is -2.37. The summed E-state index contributed by atoms with van der Waals surface area (Å²) in [6.45, 7) is 1.36. The van der Waals surface area contributed by atoms with Crippen molar-refractivity contribution in [1.29, 1.82) is 10.5 Å². The molecule has 0 spiro atoms. The smallest absolute Gasteiger partial charge is 0.137 e. The van der Waals surface area contributed by atoms with Gasteiger partial charge in [0.1, 0.15) is 11.6 Å². The molecule has 0 amide bonds. The average molecular weight is 139 g/mol. The van der Waals surface area contributed by atoms with E-state index in [1.165, 1.54) is 6.92 Å². The van der Waals surface area contributed by atoms with E-state index >= 15 is 0 Å². The Kier molecular flexibility index (Phi) is 2.82. The molecule has 0 bridgehead atoms. The Balaban J connectivity index is 3.94. The molecule has 0 saturated heterocycles. The predicted octanol–water partition coefficient (Wildman–Crippen LogP) is -0.293. The number of rotatable bonds is 2. The highest BCUT2D eigenvalue weighted by Gasteiger charge is 2.19. The van der Waals surface area contributed by atoms with Crippen molar-refractivity contribution < 1.29 is 5.11 Å². The summed E-state index contributed by atoms with van der Waals surface area (Å²) in [6.07, 6.45) is -0.0139. The molecule has 54 valence electrons. The molecule has 0 heterocycles. The van der Waals surface area contributed by atoms with Crippen molar-refractivity contribution in [2.75, 3.05) is 0 Å². The maximum atomic E-state index is 8.93. The Morgan fingerprint density at radius 1 is 1.60 bits per heavy atom. The quantitative estimate of drug-likeness (QED) is 0.514. The molecule has 0 aliphatic rings. The molecule has 0 aliphatic heterocycles. The van der Waals surface area contributed by atoms with E-state index in [1.807, 2.05) is 0 Å². The molecule has 4 nitrogen and oxygen atoms in total. The highest BCUT2D eigenvalue weighted by Crippen LogP contribution is 2.09. The van der Waals surface area contributed by atoms with Gasteiger partial charge in [-0.05, 0) is 6.92 Å². The molecule has 3 N–H and O–H groups in total. The largest absolute Gasteiger partial charge is 0.376 e. The Bertz CT molecular complexity index is 167. The zero-order chi connectivity index (χ0) is 8.20. The van der Waals surface area contributed by atoms with Gasteiger partial charge in [-0.15, -0.1) is 0 Å². The second-order valence-electron chi connectivity index (χ2n) is 2.37. The molecule has 0 saturated carbocycles. The summed E-state index contributed by atoms with van der Waals surface area (Å²) in [5.41, 5.74) is 3.72. The van der Waals surface area contributed by atoms with Crippen LogP contribution in [0.3, 0.4) is 0 Å². The molecular weight excluding hydrogens is 130 g/mol. The number of nitrogens with two attached hydrogens (primary N) is 1. The van der Waals surface area contributed by atoms with Crippen LogP contribution < -0.4 is 5.73 Å². The zero-order valence-corrected chi connectivity index (χ0v) is 5.70. The van der Waals surface area contributed by atoms with Crippen LogP contribution in [0.2, 0.25) is 0 Å². The van der Waals surface area contributed by atoms with E-state index in [4.69, 9.17) is 21.4 Å². The topological polar surface area (TPSA) is 93.8 Å². The molecule has 0 aromatic heterocycles. The molecule has 0 fully saturated rings. The lowest BCUT2D eigenvalue weighted by atomic mass is 10.0. The number of nitrogens with zero attached hydrogens (tertiary/aromatic N) is 2. The fourth-order valence-corrected chi connectivity index (χ4v) is 0.533. The minimum absolute atomic E-state index is 0.0139. The van der Waals surface area contributed by atoms with Gasteiger partial charge in [0.2, 0.25) is 0 Å². The van der Waals surface area contributed by atoms with Crippen molar-refractivity contribution in [3.05, 3.63) is 0 Å². The first-order chi connectivity index (χ1) is 4.49. The second kappa shape index (κ2) is 3.17. The van der Waals surface area contributed by atoms with E-state index in [9.17, 15) is 0 Å². The molecule has 0 aromatic carbocycles. The van der Waals surface area contributed by atoms with Gasteiger partial charge in [-0.1, -0.05) is 0 Å². The Morgan fingerprint density at radius 3 is 2.10 bits per heavy atom. The van der Waals surface area contributed by atoms with Crippen LogP contribution in [0.25, 0.3) is 0 Å². The lowest BCUT2D eigenvalue weighted by Gasteiger charge is -2.16. The van der Waals surface area contributed by atoms with Crippen LogP contribution in [0, 0.1) is 28.6 Å². The van der Waals surface area contributed by atoms with Gasteiger partial charge >= 0.3 is 0 Å². The van der Waals surface area contributed by atoms with Crippen molar-refractivity contribution in [1.82, 2.24) is 0 Å². The van der Waals surface area contributed by atoms with Gasteiger partial charge in [-0.25, -0.2) is 0 Å². The Hall–Kier alpha value is -1.10. The van der Waals surface area contributed by atoms with Gasteiger partial charge in [0.15, 0.2) is 0 Å². The van der Waals surface area contributed by atoms with E-state index in [0.717, 1.165) is 0 Å². The van der Waals surface area contributed by atoms with Gasteiger partial charge in [-0.2, -0.15) is 10.5 Å². The van der Waals surface area contributed by atoms with Gasteiger partial charge in [0.25, 0.3) is 0 Å². The minimum Gasteiger partial charge on any atom is -0.376 e. The van der Waals surface area contributed by atoms with Crippen LogP contribution in [0.4, 0.5) is 0 Å². The van der Waals surface area contributed by atoms with E-state index in [-0.39, 0.29) is 6.42 Å². The van der Waals surface area contributed by atoms with E-state index in [2.05, 4.69) is 0 Å². The maximum Gasteiger partial charge on any atom is 0.137 e. The number of aliphatic hydroxyl groups is 1. The minimum atomic E-state index is -1.42. The summed E-state index contributed by atoms with van der Waals surface area (Å²) in [5, 5.41) is 25.4.